The second-order valence-electron chi connectivity index (χ2n) is 21.0. The molecule has 426 valence electrons. The van der Waals surface area contributed by atoms with Gasteiger partial charge in [-0.2, -0.15) is 26.3 Å². The number of aliphatic hydroxyl groups is 1. The highest BCUT2D eigenvalue weighted by molar-refractivity contribution is 5.87. The SMILES string of the molecule is COC(=O)N[C@H](C(=O)N[C@@H](Cc1ccc(C#Cc2ccc(N3CC4CCC(C3)N4CC3CCO3)nc2)cc1)[C@@H](O)CN(Cc1ccc(-c2ccccn2)cc1F)NC(=O)[C@@H](NC(=O)OC)C(C)(C)C(F)(F)F)C(C)(C)C(F)(F)F. The molecule has 17 nitrogen and oxygen atoms in total. The molecule has 7 atom stereocenters. The summed E-state index contributed by atoms with van der Waals surface area (Å²) < 4.78 is 118. The number of alkyl carbamates (subject to hydrolysis) is 2. The molecular formula is C55H64F7N9O8. The fourth-order valence-electron chi connectivity index (χ4n) is 9.58. The highest BCUT2D eigenvalue weighted by Crippen LogP contribution is 2.42. The van der Waals surface area contributed by atoms with E-state index in [0.717, 1.165) is 76.6 Å². The minimum Gasteiger partial charge on any atom is -0.453 e. The van der Waals surface area contributed by atoms with Gasteiger partial charge in [0.15, 0.2) is 0 Å². The van der Waals surface area contributed by atoms with Gasteiger partial charge in [-0.15, -0.1) is 0 Å². The van der Waals surface area contributed by atoms with Crippen LogP contribution in [0.3, 0.4) is 0 Å². The molecule has 0 aliphatic carbocycles. The van der Waals surface area contributed by atoms with Gasteiger partial charge in [-0.3, -0.25) is 24.9 Å². The van der Waals surface area contributed by atoms with E-state index in [1.807, 2.05) is 22.8 Å². The summed E-state index contributed by atoms with van der Waals surface area (Å²) >= 11 is 0. The number of carbonyl (C=O) groups is 4. The minimum atomic E-state index is -5.12. The Bertz CT molecular complexity index is 2810. The van der Waals surface area contributed by atoms with Crippen molar-refractivity contribution in [1.82, 2.24) is 41.3 Å². The van der Waals surface area contributed by atoms with Crippen molar-refractivity contribution in [2.45, 2.75) is 115 Å². The van der Waals surface area contributed by atoms with E-state index in [2.05, 4.69) is 46.8 Å². The molecule has 3 saturated heterocycles. The van der Waals surface area contributed by atoms with Gasteiger partial charge in [0, 0.05) is 86.1 Å². The third kappa shape index (κ3) is 14.6. The molecule has 24 heteroatoms. The Morgan fingerprint density at radius 2 is 1.38 bits per heavy atom. The number of piperazine rings is 1. The van der Waals surface area contributed by atoms with Gasteiger partial charge in [-0.25, -0.2) is 24.0 Å². The van der Waals surface area contributed by atoms with Crippen LogP contribution in [0.5, 0.6) is 0 Å². The number of amides is 4. The zero-order valence-electron chi connectivity index (χ0n) is 44.4. The van der Waals surface area contributed by atoms with Crippen molar-refractivity contribution in [3.63, 3.8) is 0 Å². The maximum atomic E-state index is 16.0. The molecule has 0 saturated carbocycles. The number of aliphatic hydroxyl groups excluding tert-OH is 1. The van der Waals surface area contributed by atoms with Crippen molar-refractivity contribution in [2.75, 3.05) is 51.9 Å². The molecule has 4 aromatic rings. The zero-order valence-corrected chi connectivity index (χ0v) is 44.4. The number of pyridine rings is 2. The Balaban J connectivity index is 1.15. The van der Waals surface area contributed by atoms with Crippen molar-refractivity contribution in [1.29, 1.82) is 0 Å². The van der Waals surface area contributed by atoms with Crippen molar-refractivity contribution < 1.29 is 69.2 Å². The van der Waals surface area contributed by atoms with Crippen LogP contribution >= 0.6 is 0 Å². The molecule has 7 rings (SSSR count). The molecule has 5 heterocycles. The number of anilines is 1. The summed E-state index contributed by atoms with van der Waals surface area (Å²) in [5, 5.41) is 19.2. The number of aromatic nitrogens is 2. The number of hydrazine groups is 1. The van der Waals surface area contributed by atoms with Crippen molar-refractivity contribution in [2.24, 2.45) is 10.8 Å². The topological polar surface area (TPSA) is 200 Å². The maximum absolute atomic E-state index is 16.0. The number of alkyl halides is 6. The van der Waals surface area contributed by atoms with E-state index in [0.29, 0.717) is 73.8 Å². The number of nitrogens with zero attached hydrogens (tertiary/aromatic N) is 5. The van der Waals surface area contributed by atoms with Gasteiger partial charge in [-0.05, 0) is 101 Å². The van der Waals surface area contributed by atoms with E-state index in [1.54, 1.807) is 48.7 Å². The lowest BCUT2D eigenvalue weighted by molar-refractivity contribution is -0.221. The quantitative estimate of drug-likeness (QED) is 0.0379. The van der Waals surface area contributed by atoms with Crippen molar-refractivity contribution in [3.8, 4) is 23.1 Å². The number of benzene rings is 2. The lowest BCUT2D eigenvalue weighted by Gasteiger charge is -2.44. The van der Waals surface area contributed by atoms with Crippen molar-refractivity contribution in [3.05, 3.63) is 113 Å². The second-order valence-corrected chi connectivity index (χ2v) is 21.0. The van der Waals surface area contributed by atoms with E-state index in [1.165, 1.54) is 18.3 Å². The minimum absolute atomic E-state index is 0.172. The summed E-state index contributed by atoms with van der Waals surface area (Å²) in [6.07, 6.45) is -8.50. The Morgan fingerprint density at radius 3 is 1.90 bits per heavy atom. The summed E-state index contributed by atoms with van der Waals surface area (Å²) in [7, 11) is 1.73. The first-order valence-electron chi connectivity index (χ1n) is 25.5. The number of ether oxygens (including phenoxy) is 3. The molecular weight excluding hydrogens is 1050 g/mol. The molecule has 5 N–H and O–H groups in total. The molecule has 2 bridgehead atoms. The lowest BCUT2D eigenvalue weighted by atomic mass is 9.82. The van der Waals surface area contributed by atoms with Gasteiger partial charge in [-0.1, -0.05) is 42.2 Å². The average Bonchev–Trinajstić information content (AvgIpc) is 3.66. The van der Waals surface area contributed by atoms with Gasteiger partial charge >= 0.3 is 24.5 Å². The van der Waals surface area contributed by atoms with Crippen LogP contribution in [0.25, 0.3) is 11.3 Å². The van der Waals surface area contributed by atoms with Crippen LogP contribution in [-0.2, 0) is 36.8 Å². The van der Waals surface area contributed by atoms with E-state index >= 15 is 4.39 Å². The molecule has 3 unspecified atom stereocenters. The second kappa shape index (κ2) is 24.9. The zero-order chi connectivity index (χ0) is 57.5. The fraction of sp³-hybridized carbons (Fsp3) is 0.491. The van der Waals surface area contributed by atoms with Gasteiger partial charge in [0.05, 0.1) is 49.0 Å². The van der Waals surface area contributed by atoms with Gasteiger partial charge in [0.25, 0.3) is 5.91 Å². The molecule has 0 radical (unpaired) electrons. The van der Waals surface area contributed by atoms with Crippen LogP contribution < -0.4 is 26.3 Å². The summed E-state index contributed by atoms with van der Waals surface area (Å²) in [6.45, 7) is 4.58. The molecule has 2 aromatic carbocycles. The van der Waals surface area contributed by atoms with Crippen LogP contribution in [0.1, 0.15) is 69.2 Å². The van der Waals surface area contributed by atoms with E-state index < -0.39 is 90.3 Å². The van der Waals surface area contributed by atoms with E-state index in [4.69, 9.17) is 9.72 Å². The highest BCUT2D eigenvalue weighted by atomic mass is 19.4. The molecule has 3 aliphatic heterocycles. The first-order valence-corrected chi connectivity index (χ1v) is 25.5. The fourth-order valence-corrected chi connectivity index (χ4v) is 9.58. The van der Waals surface area contributed by atoms with Gasteiger partial charge < -0.3 is 40.2 Å². The first kappa shape index (κ1) is 59.6. The Labute approximate surface area is 452 Å². The molecule has 2 aromatic heterocycles. The Kier molecular flexibility index (Phi) is 18.8. The third-order valence-corrected chi connectivity index (χ3v) is 14.8. The maximum Gasteiger partial charge on any atom is 0.407 e. The van der Waals surface area contributed by atoms with Crippen molar-refractivity contribution >= 4 is 29.8 Å². The number of carbonyl (C=O) groups excluding carboxylic acids is 4. The van der Waals surface area contributed by atoms with Crippen LogP contribution in [0.4, 0.5) is 46.1 Å². The van der Waals surface area contributed by atoms with Gasteiger partial charge in [0.2, 0.25) is 5.91 Å². The summed E-state index contributed by atoms with van der Waals surface area (Å²) in [4.78, 5) is 66.7. The van der Waals surface area contributed by atoms with E-state index in [9.17, 15) is 50.6 Å². The number of halogens is 7. The lowest BCUT2D eigenvalue weighted by Crippen LogP contribution is -2.63. The van der Waals surface area contributed by atoms with E-state index in [-0.39, 0.29) is 12.0 Å². The number of hydrogen-bond acceptors (Lipinski definition) is 13. The third-order valence-electron chi connectivity index (χ3n) is 14.8. The number of hydrogen-bond donors (Lipinski definition) is 5. The largest absolute Gasteiger partial charge is 0.453 e. The van der Waals surface area contributed by atoms with Crippen LogP contribution in [-0.4, -0.2) is 151 Å². The monoisotopic (exact) mass is 1110 g/mol. The average molecular weight is 1110 g/mol. The number of methoxy groups -OCH3 is 2. The molecule has 4 amide bonds. The molecule has 3 aliphatic rings. The van der Waals surface area contributed by atoms with Crippen LogP contribution in [0.15, 0.2) is 85.2 Å². The molecule has 0 spiro atoms. The highest BCUT2D eigenvalue weighted by Gasteiger charge is 2.57. The molecule has 3 fully saturated rings. The first-order chi connectivity index (χ1) is 37.3. The van der Waals surface area contributed by atoms with Crippen LogP contribution in [0, 0.1) is 28.5 Å². The smallest absolute Gasteiger partial charge is 0.407 e. The molecule has 79 heavy (non-hydrogen) atoms. The summed E-state index contributed by atoms with van der Waals surface area (Å²) in [6, 6.07) is 13.5. The van der Waals surface area contributed by atoms with Crippen LogP contribution in [0.2, 0.25) is 0 Å². The predicted octanol–water partition coefficient (Wildman–Crippen LogP) is 6.67. The summed E-state index contributed by atoms with van der Waals surface area (Å²) in [5.74, 6) is 3.19. The Hall–Kier alpha value is -7.07. The van der Waals surface area contributed by atoms with Gasteiger partial charge in [0.1, 0.15) is 23.7 Å². The number of rotatable bonds is 19. The standard InChI is InChI=1S/C55H64F7N9O8/c1-52(2,54(57,58)59)46(66-50(75)77-5)48(73)65-43(25-34-13-10-33(11-14-34)12-15-35-16-21-45(64-27-35)69-29-38-19-20-39(30-69)71(38)31-40-22-24-79-40)44(72)32-70(28-37-18-17-36(26-41(37)56)42-9-7-8-23-63-42)68-49(74)47(67-51(76)78-6)53(3,4)55(60,61)62/h7-11,13-14,16-18,21,23,26-27,38-40,43-44,46-47,72H,19-20,22,24-25,28-32H2,1-6H3,(H,65,73)(H,66,75)(H,67,76)(H,68,74)/t38?,39?,40?,43-,44-,46+,47+/m0/s1. The number of fused-ring (bicyclic) bond motifs is 2. The predicted molar refractivity (Wildman–Crippen MR) is 275 cm³/mol. The number of nitrogens with one attached hydrogen (secondary N) is 4. The Morgan fingerprint density at radius 1 is 0.785 bits per heavy atom. The normalized spacial score (nSPS) is 19.2. The summed E-state index contributed by atoms with van der Waals surface area (Å²) in [5.41, 5.74) is -1.61.